The Bertz CT molecular complexity index is 1710. The van der Waals surface area contributed by atoms with Crippen molar-refractivity contribution in [1.82, 2.24) is 19.5 Å². The number of aliphatic hydroxyl groups is 1. The van der Waals surface area contributed by atoms with Gasteiger partial charge >= 0.3 is 0 Å². The Kier molecular flexibility index (Phi) is 8.69. The topological polar surface area (TPSA) is 109 Å². The van der Waals surface area contributed by atoms with Crippen molar-refractivity contribution in [3.63, 3.8) is 0 Å². The van der Waals surface area contributed by atoms with Crippen LogP contribution in [0.25, 0.3) is 10.7 Å². The molecule has 10 heteroatoms. The SMILES string of the molecule is [C-]#[N+]c1ccccc1Sc1ccccc1C(=O)Nc1cccc(Cc2nccn2-c2ccnc(NC[C@H](C)O)n2)c1. The first-order chi connectivity index (χ1) is 20.0. The number of anilines is 2. The fourth-order valence-corrected chi connectivity index (χ4v) is 5.14. The molecule has 0 saturated carbocycles. The van der Waals surface area contributed by atoms with Crippen LogP contribution in [0, 0.1) is 6.57 Å². The second-order valence-electron chi connectivity index (χ2n) is 9.19. The number of aliphatic hydroxyl groups excluding tert-OH is 1. The molecular weight excluding hydrogens is 534 g/mol. The maximum atomic E-state index is 13.3. The van der Waals surface area contributed by atoms with Crippen molar-refractivity contribution in [2.45, 2.75) is 29.2 Å². The van der Waals surface area contributed by atoms with Gasteiger partial charge in [0.05, 0.1) is 18.2 Å². The molecule has 0 spiro atoms. The van der Waals surface area contributed by atoms with Gasteiger partial charge in [0, 0.05) is 47.0 Å². The zero-order valence-corrected chi connectivity index (χ0v) is 23.0. The lowest BCUT2D eigenvalue weighted by Gasteiger charge is -2.12. The molecule has 0 aliphatic rings. The van der Waals surface area contributed by atoms with Crippen LogP contribution in [0.1, 0.15) is 28.7 Å². The molecule has 3 aromatic carbocycles. The Balaban J connectivity index is 1.31. The summed E-state index contributed by atoms with van der Waals surface area (Å²) >= 11 is 1.40. The lowest BCUT2D eigenvalue weighted by molar-refractivity contribution is 0.102. The van der Waals surface area contributed by atoms with Crippen molar-refractivity contribution in [2.24, 2.45) is 0 Å². The van der Waals surface area contributed by atoms with Crippen LogP contribution >= 0.6 is 11.8 Å². The summed E-state index contributed by atoms with van der Waals surface area (Å²) in [6.07, 6.45) is 5.20. The van der Waals surface area contributed by atoms with Crippen molar-refractivity contribution in [1.29, 1.82) is 0 Å². The fraction of sp³-hybridized carbons (Fsp3) is 0.129. The van der Waals surface area contributed by atoms with E-state index in [9.17, 15) is 9.90 Å². The highest BCUT2D eigenvalue weighted by atomic mass is 32.2. The number of nitrogens with zero attached hydrogens (tertiary/aromatic N) is 5. The average Bonchev–Trinajstić information content (AvgIpc) is 3.45. The van der Waals surface area contributed by atoms with E-state index in [2.05, 4.69) is 30.4 Å². The van der Waals surface area contributed by atoms with Gasteiger partial charge in [-0.1, -0.05) is 48.5 Å². The molecule has 0 aliphatic heterocycles. The number of nitrogens with one attached hydrogen (secondary N) is 2. The third-order valence-corrected chi connectivity index (χ3v) is 7.19. The van der Waals surface area contributed by atoms with Crippen LogP contribution in [-0.2, 0) is 6.42 Å². The van der Waals surface area contributed by atoms with Crippen molar-refractivity contribution < 1.29 is 9.90 Å². The molecule has 1 amide bonds. The molecule has 0 fully saturated rings. The molecular formula is C31H27N7O2S. The molecule has 0 bridgehead atoms. The van der Waals surface area contributed by atoms with E-state index in [1.165, 1.54) is 11.8 Å². The number of rotatable bonds is 10. The molecule has 2 heterocycles. The normalized spacial score (nSPS) is 11.4. The predicted octanol–water partition coefficient (Wildman–Crippen LogP) is 6.00. The Morgan fingerprint density at radius 2 is 1.83 bits per heavy atom. The first kappa shape index (κ1) is 27.6. The first-order valence-electron chi connectivity index (χ1n) is 12.9. The second-order valence-corrected chi connectivity index (χ2v) is 10.3. The summed E-state index contributed by atoms with van der Waals surface area (Å²) in [5, 5.41) is 15.6. The number of amides is 1. The molecule has 0 unspecified atom stereocenters. The Morgan fingerprint density at radius 1 is 1.02 bits per heavy atom. The maximum Gasteiger partial charge on any atom is 0.256 e. The van der Waals surface area contributed by atoms with Gasteiger partial charge in [-0.05, 0) is 42.8 Å². The van der Waals surface area contributed by atoms with Gasteiger partial charge < -0.3 is 15.7 Å². The summed E-state index contributed by atoms with van der Waals surface area (Å²) in [6, 6.07) is 24.2. The second kappa shape index (κ2) is 12.9. The van der Waals surface area contributed by atoms with Gasteiger partial charge in [-0.2, -0.15) is 4.98 Å². The first-order valence-corrected chi connectivity index (χ1v) is 13.7. The zero-order valence-electron chi connectivity index (χ0n) is 22.2. The van der Waals surface area contributed by atoms with E-state index >= 15 is 0 Å². The Morgan fingerprint density at radius 3 is 2.66 bits per heavy atom. The minimum Gasteiger partial charge on any atom is -0.392 e. The largest absolute Gasteiger partial charge is 0.392 e. The molecule has 0 aliphatic carbocycles. The Labute approximate surface area is 242 Å². The van der Waals surface area contributed by atoms with Crippen LogP contribution in [0.4, 0.5) is 17.3 Å². The quantitative estimate of drug-likeness (QED) is 0.179. The van der Waals surface area contributed by atoms with E-state index < -0.39 is 6.10 Å². The van der Waals surface area contributed by atoms with E-state index in [1.54, 1.807) is 37.5 Å². The number of para-hydroxylation sites is 1. The molecule has 5 aromatic rings. The van der Waals surface area contributed by atoms with E-state index in [4.69, 9.17) is 6.57 Å². The number of imidazole rings is 1. The van der Waals surface area contributed by atoms with Crippen molar-refractivity contribution in [3.05, 3.63) is 126 Å². The minimum absolute atomic E-state index is 0.231. The third-order valence-electron chi connectivity index (χ3n) is 6.05. The van der Waals surface area contributed by atoms with E-state index in [1.807, 2.05) is 71.4 Å². The van der Waals surface area contributed by atoms with Crippen molar-refractivity contribution >= 4 is 35.0 Å². The van der Waals surface area contributed by atoms with Crippen LogP contribution < -0.4 is 10.6 Å². The number of carbonyl (C=O) groups is 1. The fourth-order valence-electron chi connectivity index (χ4n) is 4.12. The molecule has 41 heavy (non-hydrogen) atoms. The molecule has 204 valence electrons. The molecule has 9 nitrogen and oxygen atoms in total. The number of aromatic nitrogens is 4. The molecule has 2 aromatic heterocycles. The number of hydrogen-bond donors (Lipinski definition) is 3. The van der Waals surface area contributed by atoms with E-state index in [0.717, 1.165) is 21.2 Å². The van der Waals surface area contributed by atoms with Crippen molar-refractivity contribution in [2.75, 3.05) is 17.2 Å². The number of carbonyl (C=O) groups excluding carboxylic acids is 1. The third kappa shape index (κ3) is 6.97. The minimum atomic E-state index is -0.521. The van der Waals surface area contributed by atoms with Crippen molar-refractivity contribution in [3.8, 4) is 5.82 Å². The summed E-state index contributed by atoms with van der Waals surface area (Å²) < 4.78 is 1.88. The van der Waals surface area contributed by atoms with E-state index in [-0.39, 0.29) is 5.91 Å². The van der Waals surface area contributed by atoms with Crippen LogP contribution in [0.15, 0.2) is 107 Å². The van der Waals surface area contributed by atoms with Crippen LogP contribution in [0.5, 0.6) is 0 Å². The average molecular weight is 562 g/mol. The van der Waals surface area contributed by atoms with Gasteiger partial charge in [0.15, 0.2) is 0 Å². The predicted molar refractivity (Wildman–Crippen MR) is 160 cm³/mol. The van der Waals surface area contributed by atoms with Crippen LogP contribution in [0.3, 0.4) is 0 Å². The van der Waals surface area contributed by atoms with E-state index in [0.29, 0.717) is 41.7 Å². The van der Waals surface area contributed by atoms with Gasteiger partial charge in [-0.25, -0.2) is 14.8 Å². The summed E-state index contributed by atoms with van der Waals surface area (Å²) in [4.78, 5) is 31.8. The van der Waals surface area contributed by atoms with Gasteiger partial charge in [0.2, 0.25) is 11.6 Å². The monoisotopic (exact) mass is 561 g/mol. The molecule has 5 rings (SSSR count). The van der Waals surface area contributed by atoms with Gasteiger partial charge in [-0.15, -0.1) is 11.8 Å². The highest BCUT2D eigenvalue weighted by molar-refractivity contribution is 7.99. The summed E-state index contributed by atoms with van der Waals surface area (Å²) in [5.41, 5.74) is 2.71. The summed E-state index contributed by atoms with van der Waals surface area (Å²) in [7, 11) is 0. The van der Waals surface area contributed by atoms with Crippen LogP contribution in [-0.4, -0.2) is 43.2 Å². The van der Waals surface area contributed by atoms with Gasteiger partial charge in [0.1, 0.15) is 11.6 Å². The molecule has 1 atom stereocenters. The Hall–Kier alpha value is -4.98. The standard InChI is InChI=1S/C31H27N7O2S/c1-21(39)20-35-31-34-15-14-28(37-31)38-17-16-33-29(38)19-22-8-7-9-23(18-22)36-30(40)24-10-3-5-12-26(24)41-27-13-6-4-11-25(27)32-2/h3-18,21,39H,19-20H2,1H3,(H,36,40)(H,34,35,37)/t21-/m0/s1. The molecule has 3 N–H and O–H groups in total. The summed E-state index contributed by atoms with van der Waals surface area (Å²) in [5.74, 6) is 1.61. The van der Waals surface area contributed by atoms with Gasteiger partial charge in [0.25, 0.3) is 5.91 Å². The smallest absolute Gasteiger partial charge is 0.256 e. The van der Waals surface area contributed by atoms with Gasteiger partial charge in [-0.3, -0.25) is 9.36 Å². The lowest BCUT2D eigenvalue weighted by atomic mass is 10.1. The highest BCUT2D eigenvalue weighted by Gasteiger charge is 2.15. The lowest BCUT2D eigenvalue weighted by Crippen LogP contribution is -2.17. The maximum absolute atomic E-state index is 13.3. The summed E-state index contributed by atoms with van der Waals surface area (Å²) in [6.45, 7) is 9.47. The number of hydrogen-bond acceptors (Lipinski definition) is 7. The highest BCUT2D eigenvalue weighted by Crippen LogP contribution is 2.36. The number of benzene rings is 3. The van der Waals surface area contributed by atoms with Crippen LogP contribution in [0.2, 0.25) is 0 Å². The molecule has 0 saturated heterocycles. The molecule has 0 radical (unpaired) electrons. The zero-order chi connectivity index (χ0) is 28.6.